The first kappa shape index (κ1) is 14.9. The summed E-state index contributed by atoms with van der Waals surface area (Å²) in [4.78, 5) is 26.7. The van der Waals surface area contributed by atoms with E-state index in [1.54, 1.807) is 0 Å². The number of carbonyl (C=O) groups excluding carboxylic acids is 2. The van der Waals surface area contributed by atoms with Crippen molar-refractivity contribution in [2.75, 3.05) is 13.2 Å². The second-order valence-corrected chi connectivity index (χ2v) is 4.46. The quantitative estimate of drug-likeness (QED) is 0.753. The summed E-state index contributed by atoms with van der Waals surface area (Å²) in [5.74, 6) is -0.899. The van der Waals surface area contributed by atoms with E-state index in [0.717, 1.165) is 6.42 Å². The Morgan fingerprint density at radius 1 is 1.47 bits per heavy atom. The Hall–Kier alpha value is -2.11. The fraction of sp³-hybridized carbons (Fsp3) is 0.462. The third-order valence-electron chi connectivity index (χ3n) is 2.35. The van der Waals surface area contributed by atoms with Gasteiger partial charge in [0.25, 0.3) is 5.91 Å². The Labute approximate surface area is 111 Å². The topological polar surface area (TPSA) is 88.5 Å². The molecule has 0 aromatic carbocycles. The number of nitrogens with zero attached hydrogens (tertiary/aromatic N) is 1. The summed E-state index contributed by atoms with van der Waals surface area (Å²) in [5.41, 5.74) is -0.113. The van der Waals surface area contributed by atoms with E-state index >= 15 is 0 Å². The van der Waals surface area contributed by atoms with Crippen molar-refractivity contribution < 1.29 is 19.4 Å². The summed E-state index contributed by atoms with van der Waals surface area (Å²) >= 11 is 0. The summed E-state index contributed by atoms with van der Waals surface area (Å²) in [7, 11) is 0. The number of esters is 1. The Morgan fingerprint density at radius 3 is 2.84 bits per heavy atom. The largest absolute Gasteiger partial charge is 0.505 e. The van der Waals surface area contributed by atoms with Crippen LogP contribution in [-0.2, 0) is 9.53 Å². The van der Waals surface area contributed by atoms with Crippen LogP contribution >= 0.6 is 0 Å². The maximum atomic E-state index is 11.6. The third kappa shape index (κ3) is 5.37. The van der Waals surface area contributed by atoms with Crippen LogP contribution in [0.1, 0.15) is 30.8 Å². The molecule has 6 heteroatoms. The van der Waals surface area contributed by atoms with Gasteiger partial charge in [0.1, 0.15) is 12.3 Å². The molecule has 104 valence electrons. The van der Waals surface area contributed by atoms with Crippen LogP contribution in [0, 0.1) is 5.92 Å². The second-order valence-electron chi connectivity index (χ2n) is 4.46. The van der Waals surface area contributed by atoms with Crippen LogP contribution < -0.4 is 5.32 Å². The maximum absolute atomic E-state index is 11.6. The first-order chi connectivity index (χ1) is 9.00. The molecule has 6 nitrogen and oxygen atoms in total. The van der Waals surface area contributed by atoms with E-state index in [9.17, 15) is 14.7 Å². The lowest BCUT2D eigenvalue weighted by atomic mass is 10.1. The predicted molar refractivity (Wildman–Crippen MR) is 68.6 cm³/mol. The van der Waals surface area contributed by atoms with Crippen LogP contribution in [0.5, 0.6) is 5.75 Å². The van der Waals surface area contributed by atoms with Crippen molar-refractivity contribution >= 4 is 11.9 Å². The molecule has 0 aliphatic rings. The van der Waals surface area contributed by atoms with Gasteiger partial charge in [0.05, 0.1) is 6.61 Å². The minimum atomic E-state index is -0.612. The Morgan fingerprint density at radius 2 is 2.21 bits per heavy atom. The molecule has 0 radical (unpaired) electrons. The molecule has 0 spiro atoms. The zero-order valence-corrected chi connectivity index (χ0v) is 11.0. The van der Waals surface area contributed by atoms with E-state index in [2.05, 4.69) is 10.3 Å². The lowest BCUT2D eigenvalue weighted by Crippen LogP contribution is -2.31. The molecule has 19 heavy (non-hydrogen) atoms. The minimum absolute atomic E-state index is 0.113. The molecule has 0 aliphatic heterocycles. The Balaban J connectivity index is 2.34. The number of nitrogens with one attached hydrogen (secondary N) is 1. The van der Waals surface area contributed by atoms with Crippen molar-refractivity contribution in [3.63, 3.8) is 0 Å². The normalized spacial score (nSPS) is 10.3. The van der Waals surface area contributed by atoms with Gasteiger partial charge in [-0.2, -0.15) is 0 Å². The number of rotatable bonds is 6. The van der Waals surface area contributed by atoms with Gasteiger partial charge in [0.15, 0.2) is 5.69 Å². The highest BCUT2D eigenvalue weighted by Crippen LogP contribution is 2.11. The monoisotopic (exact) mass is 266 g/mol. The van der Waals surface area contributed by atoms with Crippen LogP contribution in [0.4, 0.5) is 0 Å². The average Bonchev–Trinajstić information content (AvgIpc) is 2.36. The number of hydrogen-bond donors (Lipinski definition) is 2. The number of aromatic hydroxyl groups is 1. The van der Waals surface area contributed by atoms with Gasteiger partial charge in [-0.1, -0.05) is 13.8 Å². The van der Waals surface area contributed by atoms with Gasteiger partial charge < -0.3 is 15.2 Å². The van der Waals surface area contributed by atoms with Gasteiger partial charge in [0.2, 0.25) is 0 Å². The van der Waals surface area contributed by atoms with E-state index < -0.39 is 11.9 Å². The predicted octanol–water partition coefficient (Wildman–Crippen LogP) is 1.11. The van der Waals surface area contributed by atoms with Crippen LogP contribution in [0.3, 0.4) is 0 Å². The molecular formula is C13H18N2O4. The Kier molecular flexibility index (Phi) is 5.78. The molecule has 0 bridgehead atoms. The lowest BCUT2D eigenvalue weighted by Gasteiger charge is -2.08. The van der Waals surface area contributed by atoms with Crippen molar-refractivity contribution in [2.24, 2.45) is 5.92 Å². The highest BCUT2D eigenvalue weighted by Gasteiger charge is 2.13. The highest BCUT2D eigenvalue weighted by atomic mass is 16.5. The number of ether oxygens (including phenoxy) is 1. The molecule has 0 saturated carbocycles. The van der Waals surface area contributed by atoms with Crippen molar-refractivity contribution in [1.82, 2.24) is 10.3 Å². The van der Waals surface area contributed by atoms with E-state index in [1.165, 1.54) is 18.3 Å². The van der Waals surface area contributed by atoms with Gasteiger partial charge in [0, 0.05) is 6.20 Å². The number of hydrogen-bond acceptors (Lipinski definition) is 5. The maximum Gasteiger partial charge on any atom is 0.325 e. The van der Waals surface area contributed by atoms with E-state index in [-0.39, 0.29) is 18.0 Å². The lowest BCUT2D eigenvalue weighted by molar-refractivity contribution is -0.142. The standard InChI is InChI=1S/C13H18N2O4/c1-9(2)5-7-19-11(17)8-15-13(18)12-10(16)4-3-6-14-12/h3-4,6,9,16H,5,7-8H2,1-2H3,(H,15,18). The molecule has 1 amide bonds. The van der Waals surface area contributed by atoms with Gasteiger partial charge in [-0.25, -0.2) is 4.98 Å². The number of amides is 1. The van der Waals surface area contributed by atoms with Crippen LogP contribution in [-0.4, -0.2) is 35.1 Å². The summed E-state index contributed by atoms with van der Waals surface area (Å²) < 4.78 is 4.93. The summed E-state index contributed by atoms with van der Waals surface area (Å²) in [6.07, 6.45) is 2.16. The first-order valence-corrected chi connectivity index (χ1v) is 6.08. The number of carbonyl (C=O) groups is 2. The van der Waals surface area contributed by atoms with Gasteiger partial charge in [-0.15, -0.1) is 0 Å². The van der Waals surface area contributed by atoms with Gasteiger partial charge in [-0.3, -0.25) is 9.59 Å². The van der Waals surface area contributed by atoms with Crippen molar-refractivity contribution in [2.45, 2.75) is 20.3 Å². The molecule has 0 unspecified atom stereocenters. The van der Waals surface area contributed by atoms with Crippen LogP contribution in [0.25, 0.3) is 0 Å². The fourth-order valence-corrected chi connectivity index (χ4v) is 1.27. The summed E-state index contributed by atoms with van der Waals surface area (Å²) in [6.45, 7) is 4.15. The van der Waals surface area contributed by atoms with E-state index in [1.807, 2.05) is 13.8 Å². The Bertz CT molecular complexity index is 446. The van der Waals surface area contributed by atoms with Crippen molar-refractivity contribution in [3.8, 4) is 5.75 Å². The third-order valence-corrected chi connectivity index (χ3v) is 2.35. The average molecular weight is 266 g/mol. The van der Waals surface area contributed by atoms with Crippen molar-refractivity contribution in [1.29, 1.82) is 0 Å². The smallest absolute Gasteiger partial charge is 0.325 e. The summed E-state index contributed by atoms with van der Waals surface area (Å²) in [6, 6.07) is 2.86. The van der Waals surface area contributed by atoms with Crippen molar-refractivity contribution in [3.05, 3.63) is 24.0 Å². The fourth-order valence-electron chi connectivity index (χ4n) is 1.27. The van der Waals surface area contributed by atoms with Gasteiger partial charge in [-0.05, 0) is 24.5 Å². The van der Waals surface area contributed by atoms with Crippen LogP contribution in [0.2, 0.25) is 0 Å². The zero-order chi connectivity index (χ0) is 14.3. The molecule has 1 aromatic heterocycles. The highest BCUT2D eigenvalue weighted by molar-refractivity contribution is 5.96. The molecule has 1 rings (SSSR count). The molecule has 1 heterocycles. The van der Waals surface area contributed by atoms with Crippen LogP contribution in [0.15, 0.2) is 18.3 Å². The number of aromatic nitrogens is 1. The van der Waals surface area contributed by atoms with E-state index in [4.69, 9.17) is 4.74 Å². The van der Waals surface area contributed by atoms with Gasteiger partial charge >= 0.3 is 5.97 Å². The number of pyridine rings is 1. The second kappa shape index (κ2) is 7.35. The molecule has 0 fully saturated rings. The zero-order valence-electron chi connectivity index (χ0n) is 11.0. The molecule has 0 aliphatic carbocycles. The molecule has 2 N–H and O–H groups in total. The van der Waals surface area contributed by atoms with E-state index in [0.29, 0.717) is 12.5 Å². The molecule has 1 aromatic rings. The molecule has 0 atom stereocenters. The SMILES string of the molecule is CC(C)CCOC(=O)CNC(=O)c1ncccc1O. The minimum Gasteiger partial charge on any atom is -0.505 e. The first-order valence-electron chi connectivity index (χ1n) is 6.08. The molecule has 0 saturated heterocycles. The summed E-state index contributed by atoms with van der Waals surface area (Å²) in [5, 5.41) is 11.8. The molecular weight excluding hydrogens is 248 g/mol.